The van der Waals surface area contributed by atoms with Crippen LogP contribution in [0.1, 0.15) is 37.5 Å². The van der Waals surface area contributed by atoms with Gasteiger partial charge in [0.25, 0.3) is 0 Å². The van der Waals surface area contributed by atoms with Gasteiger partial charge >= 0.3 is 6.18 Å². The zero-order valence-electron chi connectivity index (χ0n) is 19.3. The molecule has 0 radical (unpaired) electrons. The number of hydrogen-bond acceptors (Lipinski definition) is 0. The van der Waals surface area contributed by atoms with E-state index < -0.39 is 17.6 Å². The molecule has 4 aromatic rings. The topological polar surface area (TPSA) is 3.88 Å². The Morgan fingerprint density at radius 3 is 2.09 bits per heavy atom. The van der Waals surface area contributed by atoms with Gasteiger partial charge in [-0.15, -0.1) is 0 Å². The van der Waals surface area contributed by atoms with Crippen LogP contribution >= 0.6 is 0 Å². The van der Waals surface area contributed by atoms with E-state index >= 15 is 4.39 Å². The fraction of sp³-hybridized carbons (Fsp3) is 0.250. The molecule has 4 rings (SSSR count). The first-order valence-electron chi connectivity index (χ1n) is 10.8. The quantitative estimate of drug-likeness (QED) is 0.216. The van der Waals surface area contributed by atoms with E-state index in [9.17, 15) is 13.2 Å². The van der Waals surface area contributed by atoms with Crippen LogP contribution < -0.4 is 4.57 Å². The lowest BCUT2D eigenvalue weighted by Crippen LogP contribution is -2.32. The summed E-state index contributed by atoms with van der Waals surface area (Å²) in [5.41, 5.74) is 2.91. The number of fused-ring (bicyclic) bond motifs is 1. The molecule has 5 heteroatoms. The molecular formula is C28H26F4N+. The molecule has 0 aliphatic rings. The summed E-state index contributed by atoms with van der Waals surface area (Å²) in [5, 5.41) is 0.535. The van der Waals surface area contributed by atoms with Crippen LogP contribution in [-0.4, -0.2) is 0 Å². The minimum absolute atomic E-state index is 0.0240. The number of hydrogen-bond donors (Lipinski definition) is 0. The summed E-state index contributed by atoms with van der Waals surface area (Å²) in [7, 11) is 1.70. The van der Waals surface area contributed by atoms with Gasteiger partial charge in [0.05, 0.1) is 11.1 Å². The third-order valence-corrected chi connectivity index (χ3v) is 6.11. The fourth-order valence-corrected chi connectivity index (χ4v) is 4.24. The van der Waals surface area contributed by atoms with Gasteiger partial charge in [0.15, 0.2) is 6.20 Å². The van der Waals surface area contributed by atoms with E-state index in [4.69, 9.17) is 0 Å². The third kappa shape index (κ3) is 4.24. The van der Waals surface area contributed by atoms with Crippen molar-refractivity contribution in [3.63, 3.8) is 0 Å². The Hall–Kier alpha value is -3.21. The molecule has 3 aromatic carbocycles. The lowest BCUT2D eigenvalue weighted by molar-refractivity contribution is -0.661. The molecule has 0 bridgehead atoms. The van der Waals surface area contributed by atoms with Crippen molar-refractivity contribution >= 4 is 10.8 Å². The third-order valence-electron chi connectivity index (χ3n) is 6.11. The van der Waals surface area contributed by atoms with Gasteiger partial charge in [-0.3, -0.25) is 0 Å². The van der Waals surface area contributed by atoms with Crippen LogP contribution in [-0.2, 0) is 18.6 Å². The molecule has 0 aliphatic carbocycles. The van der Waals surface area contributed by atoms with Gasteiger partial charge in [-0.05, 0) is 51.9 Å². The Morgan fingerprint density at radius 2 is 1.48 bits per heavy atom. The standard InChI is InChI=1S/C28H26F4N/c1-17-15-19-7-6-8-24(28(30,31)32)23(19)16-22(17)26-25(29)21(13-14-33(26)5)18-9-11-20(12-10-18)27(2,3)4/h6-16H,1-5H3/q+1. The van der Waals surface area contributed by atoms with E-state index in [1.165, 1.54) is 12.1 Å². The van der Waals surface area contributed by atoms with Gasteiger partial charge in [-0.1, -0.05) is 63.2 Å². The summed E-state index contributed by atoms with van der Waals surface area (Å²) in [6, 6.07) is 16.7. The highest BCUT2D eigenvalue weighted by molar-refractivity contribution is 5.91. The summed E-state index contributed by atoms with van der Waals surface area (Å²) in [5.74, 6) is -0.463. The number of halogens is 4. The van der Waals surface area contributed by atoms with Crippen molar-refractivity contribution in [1.82, 2.24) is 0 Å². The molecule has 1 heterocycles. The number of rotatable bonds is 2. The Kier molecular flexibility index (Phi) is 5.55. The summed E-state index contributed by atoms with van der Waals surface area (Å²) in [4.78, 5) is 0. The average molecular weight is 453 g/mol. The highest BCUT2D eigenvalue weighted by Gasteiger charge is 2.33. The largest absolute Gasteiger partial charge is 0.417 e. The first kappa shape index (κ1) is 23.0. The molecule has 0 amide bonds. The van der Waals surface area contributed by atoms with Crippen LogP contribution in [0.3, 0.4) is 0 Å². The number of pyridine rings is 1. The Bertz CT molecular complexity index is 1340. The minimum Gasteiger partial charge on any atom is -0.199 e. The van der Waals surface area contributed by atoms with Crippen LogP contribution in [0, 0.1) is 12.7 Å². The molecule has 0 fully saturated rings. The molecule has 0 aliphatic heterocycles. The lowest BCUT2D eigenvalue weighted by Gasteiger charge is -2.19. The Labute approximate surface area is 191 Å². The predicted octanol–water partition coefficient (Wildman–Crippen LogP) is 7.76. The maximum atomic E-state index is 15.9. The number of nitrogens with zero attached hydrogens (tertiary/aromatic N) is 1. The van der Waals surface area contributed by atoms with Crippen molar-refractivity contribution in [2.45, 2.75) is 39.3 Å². The van der Waals surface area contributed by atoms with E-state index in [-0.39, 0.29) is 16.5 Å². The Morgan fingerprint density at radius 1 is 0.818 bits per heavy atom. The summed E-state index contributed by atoms with van der Waals surface area (Å²) >= 11 is 0. The second-order valence-electron chi connectivity index (χ2n) is 9.52. The van der Waals surface area contributed by atoms with Crippen molar-refractivity contribution in [1.29, 1.82) is 0 Å². The van der Waals surface area contributed by atoms with Gasteiger partial charge in [0.2, 0.25) is 11.5 Å². The molecule has 33 heavy (non-hydrogen) atoms. The minimum atomic E-state index is -4.50. The molecule has 0 saturated heterocycles. The normalized spacial score (nSPS) is 12.4. The van der Waals surface area contributed by atoms with E-state index in [1.807, 2.05) is 24.3 Å². The van der Waals surface area contributed by atoms with Gasteiger partial charge < -0.3 is 0 Å². The highest BCUT2D eigenvalue weighted by atomic mass is 19.4. The summed E-state index contributed by atoms with van der Waals surface area (Å²) < 4.78 is 58.4. The maximum absolute atomic E-state index is 15.9. The van der Waals surface area contributed by atoms with Gasteiger partial charge in [-0.2, -0.15) is 22.1 Å². The zero-order valence-corrected chi connectivity index (χ0v) is 19.3. The Balaban J connectivity index is 1.92. The molecule has 1 nitrogen and oxygen atoms in total. The van der Waals surface area contributed by atoms with Crippen LogP contribution in [0.15, 0.2) is 66.9 Å². The molecule has 0 N–H and O–H groups in total. The van der Waals surface area contributed by atoms with E-state index in [1.54, 1.807) is 42.9 Å². The van der Waals surface area contributed by atoms with Crippen molar-refractivity contribution in [3.8, 4) is 22.4 Å². The summed E-state index contributed by atoms with van der Waals surface area (Å²) in [6.07, 6.45) is -2.76. The SMILES string of the molecule is Cc1cc2cccc(C(F)(F)F)c2cc1-c1c(F)c(-c2ccc(C(C)(C)C)cc2)cc[n+]1C. The second kappa shape index (κ2) is 7.98. The van der Waals surface area contributed by atoms with Gasteiger partial charge in [0.1, 0.15) is 7.05 Å². The lowest BCUT2D eigenvalue weighted by atomic mass is 9.86. The van der Waals surface area contributed by atoms with Gasteiger partial charge in [0, 0.05) is 11.6 Å². The van der Waals surface area contributed by atoms with Crippen molar-refractivity contribution in [2.24, 2.45) is 7.05 Å². The molecule has 0 spiro atoms. The second-order valence-corrected chi connectivity index (χ2v) is 9.52. The van der Waals surface area contributed by atoms with Crippen LogP contribution in [0.2, 0.25) is 0 Å². The number of aryl methyl sites for hydroxylation is 2. The zero-order chi connectivity index (χ0) is 24.1. The smallest absolute Gasteiger partial charge is 0.199 e. The molecular weight excluding hydrogens is 426 g/mol. The van der Waals surface area contributed by atoms with E-state index in [0.717, 1.165) is 17.2 Å². The maximum Gasteiger partial charge on any atom is 0.417 e. The molecule has 0 unspecified atom stereocenters. The molecule has 170 valence electrons. The molecule has 0 atom stereocenters. The first-order chi connectivity index (χ1) is 15.4. The fourth-order valence-electron chi connectivity index (χ4n) is 4.24. The van der Waals surface area contributed by atoms with Crippen molar-refractivity contribution in [3.05, 3.63) is 89.4 Å². The molecule has 0 saturated carbocycles. The monoisotopic (exact) mass is 452 g/mol. The predicted molar refractivity (Wildman–Crippen MR) is 124 cm³/mol. The van der Waals surface area contributed by atoms with Crippen molar-refractivity contribution in [2.75, 3.05) is 0 Å². The number of benzene rings is 3. The van der Waals surface area contributed by atoms with E-state index in [2.05, 4.69) is 20.8 Å². The van der Waals surface area contributed by atoms with Crippen LogP contribution in [0.25, 0.3) is 33.2 Å². The van der Waals surface area contributed by atoms with Crippen molar-refractivity contribution < 1.29 is 22.1 Å². The number of alkyl halides is 3. The van der Waals surface area contributed by atoms with Crippen LogP contribution in [0.5, 0.6) is 0 Å². The van der Waals surface area contributed by atoms with E-state index in [0.29, 0.717) is 22.1 Å². The van der Waals surface area contributed by atoms with Gasteiger partial charge in [-0.25, -0.2) is 0 Å². The highest BCUT2D eigenvalue weighted by Crippen LogP contribution is 2.38. The number of aromatic nitrogens is 1. The van der Waals surface area contributed by atoms with Crippen LogP contribution in [0.4, 0.5) is 17.6 Å². The first-order valence-corrected chi connectivity index (χ1v) is 10.8. The molecule has 1 aromatic heterocycles. The summed E-state index contributed by atoms with van der Waals surface area (Å²) in [6.45, 7) is 8.13. The average Bonchev–Trinajstić information content (AvgIpc) is 2.72.